The summed E-state index contributed by atoms with van der Waals surface area (Å²) in [5.74, 6) is 0.969. The Morgan fingerprint density at radius 3 is 3.00 bits per heavy atom. The number of ether oxygens (including phenoxy) is 2. The molecule has 1 aromatic carbocycles. The van der Waals surface area contributed by atoms with E-state index >= 15 is 0 Å². The van der Waals surface area contributed by atoms with Crippen molar-refractivity contribution in [1.82, 2.24) is 5.32 Å². The molecule has 4 heteroatoms. The smallest absolute Gasteiger partial charge is 0.225 e. The van der Waals surface area contributed by atoms with Gasteiger partial charge < -0.3 is 14.8 Å². The van der Waals surface area contributed by atoms with Crippen LogP contribution in [0.4, 0.5) is 0 Å². The molecule has 1 aromatic rings. The molecule has 2 atom stereocenters. The van der Waals surface area contributed by atoms with Gasteiger partial charge in [0.05, 0.1) is 19.1 Å². The normalized spacial score (nSPS) is 21.9. The molecule has 1 aliphatic rings. The van der Waals surface area contributed by atoms with Crippen molar-refractivity contribution in [3.63, 3.8) is 0 Å². The lowest BCUT2D eigenvalue weighted by Crippen LogP contribution is -2.40. The first kappa shape index (κ1) is 15.8. The molecule has 0 saturated carbocycles. The fourth-order valence-corrected chi connectivity index (χ4v) is 2.82. The van der Waals surface area contributed by atoms with Gasteiger partial charge in [-0.1, -0.05) is 17.7 Å². The molecule has 0 unspecified atom stereocenters. The minimum atomic E-state index is -0.0156. The molecular formula is C17H25NO3. The maximum absolute atomic E-state index is 12.2. The number of benzene rings is 1. The Labute approximate surface area is 126 Å². The van der Waals surface area contributed by atoms with Gasteiger partial charge in [0, 0.05) is 13.2 Å². The highest BCUT2D eigenvalue weighted by Crippen LogP contribution is 2.21. The molecule has 1 heterocycles. The van der Waals surface area contributed by atoms with E-state index in [2.05, 4.69) is 18.3 Å². The van der Waals surface area contributed by atoms with Crippen LogP contribution in [0.1, 0.15) is 30.9 Å². The van der Waals surface area contributed by atoms with Gasteiger partial charge in [-0.3, -0.25) is 4.79 Å². The Bertz CT molecular complexity index is 487. The molecule has 0 spiro atoms. The number of rotatable bonds is 5. The molecule has 0 radical (unpaired) electrons. The summed E-state index contributed by atoms with van der Waals surface area (Å²) in [7, 11) is 1.67. The maximum atomic E-state index is 12.2. The first-order valence-electron chi connectivity index (χ1n) is 7.64. The fourth-order valence-electron chi connectivity index (χ4n) is 2.82. The Morgan fingerprint density at radius 2 is 2.29 bits per heavy atom. The molecule has 21 heavy (non-hydrogen) atoms. The summed E-state index contributed by atoms with van der Waals surface area (Å²) in [6, 6.07) is 6.11. The van der Waals surface area contributed by atoms with Crippen LogP contribution >= 0.6 is 0 Å². The van der Waals surface area contributed by atoms with Crippen LogP contribution in [0.15, 0.2) is 18.2 Å². The van der Waals surface area contributed by atoms with E-state index in [0.29, 0.717) is 6.54 Å². The van der Waals surface area contributed by atoms with Crippen LogP contribution in [-0.4, -0.2) is 32.3 Å². The van der Waals surface area contributed by atoms with Crippen molar-refractivity contribution in [2.45, 2.75) is 39.2 Å². The Kier molecular flexibility index (Phi) is 5.62. The summed E-state index contributed by atoms with van der Waals surface area (Å²) >= 11 is 0. The minimum absolute atomic E-state index is 0.0156. The Balaban J connectivity index is 1.86. The molecular weight excluding hydrogens is 266 g/mol. The van der Waals surface area contributed by atoms with E-state index in [4.69, 9.17) is 9.47 Å². The largest absolute Gasteiger partial charge is 0.496 e. The summed E-state index contributed by atoms with van der Waals surface area (Å²) in [6.45, 7) is 5.43. The summed E-state index contributed by atoms with van der Waals surface area (Å²) < 4.78 is 10.9. The number of hydrogen-bond acceptors (Lipinski definition) is 3. The highest BCUT2D eigenvalue weighted by atomic mass is 16.5. The SMILES string of the molecule is COc1ccc(C)cc1CCNC(=O)[C@@H]1CCCO[C@H]1C. The molecule has 1 fully saturated rings. The second-order valence-corrected chi connectivity index (χ2v) is 5.68. The van der Waals surface area contributed by atoms with Crippen molar-refractivity contribution >= 4 is 5.91 Å². The molecule has 4 nitrogen and oxygen atoms in total. The lowest BCUT2D eigenvalue weighted by Gasteiger charge is -2.28. The van der Waals surface area contributed by atoms with E-state index in [0.717, 1.165) is 37.2 Å². The third kappa shape index (κ3) is 4.21. The predicted octanol–water partition coefficient (Wildman–Crippen LogP) is 2.48. The van der Waals surface area contributed by atoms with Gasteiger partial charge in [0.2, 0.25) is 5.91 Å². The van der Waals surface area contributed by atoms with Crippen LogP contribution in [0.25, 0.3) is 0 Å². The zero-order valence-electron chi connectivity index (χ0n) is 13.1. The van der Waals surface area contributed by atoms with Crippen molar-refractivity contribution in [1.29, 1.82) is 0 Å². The van der Waals surface area contributed by atoms with E-state index < -0.39 is 0 Å². The van der Waals surface area contributed by atoms with E-state index in [-0.39, 0.29) is 17.9 Å². The molecule has 1 aliphatic heterocycles. The standard InChI is InChI=1S/C17H25NO3/c1-12-6-7-16(20-3)14(11-12)8-9-18-17(19)15-5-4-10-21-13(15)2/h6-7,11,13,15H,4-5,8-10H2,1-3H3,(H,18,19)/t13-,15+/m0/s1. The molecule has 0 aliphatic carbocycles. The zero-order chi connectivity index (χ0) is 15.2. The average Bonchev–Trinajstić information content (AvgIpc) is 2.48. The van der Waals surface area contributed by atoms with Gasteiger partial charge in [0.1, 0.15) is 5.75 Å². The van der Waals surface area contributed by atoms with E-state index in [1.165, 1.54) is 5.56 Å². The third-order valence-electron chi connectivity index (χ3n) is 4.07. The zero-order valence-corrected chi connectivity index (χ0v) is 13.1. The topological polar surface area (TPSA) is 47.6 Å². The molecule has 2 rings (SSSR count). The maximum Gasteiger partial charge on any atom is 0.225 e. The quantitative estimate of drug-likeness (QED) is 0.906. The van der Waals surface area contributed by atoms with Gasteiger partial charge >= 0.3 is 0 Å². The van der Waals surface area contributed by atoms with Crippen molar-refractivity contribution in [2.24, 2.45) is 5.92 Å². The summed E-state index contributed by atoms with van der Waals surface area (Å²) in [6.07, 6.45) is 2.68. The van der Waals surface area contributed by atoms with Crippen LogP contribution in [0, 0.1) is 12.8 Å². The van der Waals surface area contributed by atoms with Crippen molar-refractivity contribution in [3.05, 3.63) is 29.3 Å². The van der Waals surface area contributed by atoms with Gasteiger partial charge in [-0.2, -0.15) is 0 Å². The van der Waals surface area contributed by atoms with Crippen LogP contribution in [0.3, 0.4) is 0 Å². The van der Waals surface area contributed by atoms with E-state index in [1.54, 1.807) is 7.11 Å². The predicted molar refractivity (Wildman–Crippen MR) is 82.6 cm³/mol. The second-order valence-electron chi connectivity index (χ2n) is 5.68. The number of carbonyl (C=O) groups excluding carboxylic acids is 1. The first-order valence-corrected chi connectivity index (χ1v) is 7.64. The molecule has 1 amide bonds. The van der Waals surface area contributed by atoms with Gasteiger partial charge in [0.25, 0.3) is 0 Å². The molecule has 116 valence electrons. The van der Waals surface area contributed by atoms with Crippen molar-refractivity contribution < 1.29 is 14.3 Å². The number of aryl methyl sites for hydroxylation is 1. The fraction of sp³-hybridized carbons (Fsp3) is 0.588. The van der Waals surface area contributed by atoms with Crippen LogP contribution in [0.2, 0.25) is 0 Å². The van der Waals surface area contributed by atoms with Crippen molar-refractivity contribution in [2.75, 3.05) is 20.3 Å². The van der Waals surface area contributed by atoms with Gasteiger partial charge in [-0.25, -0.2) is 0 Å². The second kappa shape index (κ2) is 7.46. The first-order chi connectivity index (χ1) is 10.1. The van der Waals surface area contributed by atoms with E-state index in [9.17, 15) is 4.79 Å². The van der Waals surface area contributed by atoms with Gasteiger partial charge in [-0.05, 0) is 44.7 Å². The highest BCUT2D eigenvalue weighted by molar-refractivity contribution is 5.79. The summed E-state index contributed by atoms with van der Waals surface area (Å²) in [5.41, 5.74) is 2.33. The lowest BCUT2D eigenvalue weighted by molar-refractivity contribution is -0.133. The van der Waals surface area contributed by atoms with Gasteiger partial charge in [0.15, 0.2) is 0 Å². The van der Waals surface area contributed by atoms with Gasteiger partial charge in [-0.15, -0.1) is 0 Å². The van der Waals surface area contributed by atoms with E-state index in [1.807, 2.05) is 19.1 Å². The van der Waals surface area contributed by atoms with Crippen molar-refractivity contribution in [3.8, 4) is 5.75 Å². The number of carbonyl (C=O) groups is 1. The Hall–Kier alpha value is -1.55. The molecule has 0 aromatic heterocycles. The van der Waals surface area contributed by atoms with Crippen LogP contribution in [0.5, 0.6) is 5.75 Å². The monoisotopic (exact) mass is 291 g/mol. The summed E-state index contributed by atoms with van der Waals surface area (Å²) in [4.78, 5) is 12.2. The van der Waals surface area contributed by atoms with Crippen LogP contribution in [-0.2, 0) is 16.0 Å². The highest BCUT2D eigenvalue weighted by Gasteiger charge is 2.28. The average molecular weight is 291 g/mol. The summed E-state index contributed by atoms with van der Waals surface area (Å²) in [5, 5.41) is 3.03. The third-order valence-corrected chi connectivity index (χ3v) is 4.07. The number of hydrogen-bond donors (Lipinski definition) is 1. The Morgan fingerprint density at radius 1 is 1.48 bits per heavy atom. The number of methoxy groups -OCH3 is 1. The molecule has 1 saturated heterocycles. The molecule has 1 N–H and O–H groups in total. The number of amides is 1. The van der Waals surface area contributed by atoms with Crippen LogP contribution < -0.4 is 10.1 Å². The lowest BCUT2D eigenvalue weighted by atomic mass is 9.94. The number of nitrogens with one attached hydrogen (secondary N) is 1. The minimum Gasteiger partial charge on any atom is -0.496 e. The molecule has 0 bridgehead atoms.